The molecule has 18 heavy (non-hydrogen) atoms. The minimum absolute atomic E-state index is 0.589. The maximum absolute atomic E-state index is 6.09. The molecular formula is C15H30N2O. The summed E-state index contributed by atoms with van der Waals surface area (Å²) in [7, 11) is 2.29. The third kappa shape index (κ3) is 3.69. The Labute approximate surface area is 112 Å². The van der Waals surface area contributed by atoms with Gasteiger partial charge in [0.05, 0.1) is 0 Å². The van der Waals surface area contributed by atoms with Crippen LogP contribution in [0.1, 0.15) is 51.4 Å². The van der Waals surface area contributed by atoms with Crippen molar-refractivity contribution in [3.8, 4) is 0 Å². The molecule has 0 radical (unpaired) electrons. The van der Waals surface area contributed by atoms with Gasteiger partial charge in [0, 0.05) is 31.8 Å². The maximum Gasteiger partial charge on any atom is 0.0480 e. The summed E-state index contributed by atoms with van der Waals surface area (Å²) < 4.78 is 5.47. The predicted molar refractivity (Wildman–Crippen MR) is 75.6 cm³/mol. The van der Waals surface area contributed by atoms with Crippen molar-refractivity contribution in [3.63, 3.8) is 0 Å². The molecule has 1 atom stereocenters. The van der Waals surface area contributed by atoms with Crippen LogP contribution in [0.3, 0.4) is 0 Å². The van der Waals surface area contributed by atoms with Gasteiger partial charge in [-0.25, -0.2) is 0 Å². The van der Waals surface area contributed by atoms with Gasteiger partial charge in [0.25, 0.3) is 0 Å². The Morgan fingerprint density at radius 3 is 2.22 bits per heavy atom. The summed E-state index contributed by atoms with van der Waals surface area (Å²) in [6.45, 7) is 2.67. The lowest BCUT2D eigenvalue weighted by Gasteiger charge is -2.40. The first-order valence-electron chi connectivity index (χ1n) is 7.82. The first kappa shape index (κ1) is 14.3. The monoisotopic (exact) mass is 254 g/mol. The summed E-state index contributed by atoms with van der Waals surface area (Å²) in [5.41, 5.74) is 6.09. The Morgan fingerprint density at radius 1 is 1.06 bits per heavy atom. The third-order valence-corrected chi connectivity index (χ3v) is 4.98. The van der Waals surface area contributed by atoms with E-state index in [1.165, 1.54) is 51.4 Å². The van der Waals surface area contributed by atoms with Crippen LogP contribution >= 0.6 is 0 Å². The number of rotatable bonds is 4. The molecule has 2 aliphatic rings. The predicted octanol–water partition coefficient (Wildman–Crippen LogP) is 2.39. The fraction of sp³-hybridized carbons (Fsp3) is 1.00. The summed E-state index contributed by atoms with van der Waals surface area (Å²) >= 11 is 0. The van der Waals surface area contributed by atoms with E-state index in [-0.39, 0.29) is 0 Å². The van der Waals surface area contributed by atoms with Crippen LogP contribution in [0.2, 0.25) is 0 Å². The molecule has 0 aromatic carbocycles. The highest BCUT2D eigenvalue weighted by Gasteiger charge is 2.29. The standard InChI is InChI=1S/C15H30N2O/c1-17(14-8-10-18-11-9-14)15(12-16)13-6-4-2-3-5-7-13/h13-15H,2-12,16H2,1H3. The number of hydrogen-bond acceptors (Lipinski definition) is 3. The van der Waals surface area contributed by atoms with Crippen LogP contribution in [0.4, 0.5) is 0 Å². The zero-order valence-corrected chi connectivity index (χ0v) is 11.9. The normalized spacial score (nSPS) is 26.2. The summed E-state index contributed by atoms with van der Waals surface area (Å²) in [4.78, 5) is 2.58. The Kier molecular flexibility index (Phi) is 5.93. The summed E-state index contributed by atoms with van der Waals surface area (Å²) in [6, 6.07) is 1.28. The Morgan fingerprint density at radius 2 is 1.67 bits per heavy atom. The van der Waals surface area contributed by atoms with E-state index in [1.807, 2.05) is 0 Å². The second kappa shape index (κ2) is 7.46. The van der Waals surface area contributed by atoms with Gasteiger partial charge >= 0.3 is 0 Å². The molecule has 0 aromatic rings. The second-order valence-corrected chi connectivity index (χ2v) is 6.06. The van der Waals surface area contributed by atoms with Crippen LogP contribution in [0, 0.1) is 5.92 Å². The molecule has 1 heterocycles. The van der Waals surface area contributed by atoms with Gasteiger partial charge in [0.2, 0.25) is 0 Å². The Balaban J connectivity index is 1.92. The van der Waals surface area contributed by atoms with Crippen LogP contribution in [0.5, 0.6) is 0 Å². The average Bonchev–Trinajstić information content (AvgIpc) is 2.70. The molecule has 0 spiro atoms. The molecule has 1 saturated heterocycles. The maximum atomic E-state index is 6.09. The Bertz CT molecular complexity index is 221. The number of hydrogen-bond donors (Lipinski definition) is 1. The van der Waals surface area contributed by atoms with Gasteiger partial charge in [-0.1, -0.05) is 25.7 Å². The van der Waals surface area contributed by atoms with Crippen LogP contribution in [-0.4, -0.2) is 43.8 Å². The van der Waals surface area contributed by atoms with Crippen molar-refractivity contribution in [1.82, 2.24) is 4.90 Å². The molecule has 1 saturated carbocycles. The van der Waals surface area contributed by atoms with E-state index < -0.39 is 0 Å². The number of nitrogens with zero attached hydrogens (tertiary/aromatic N) is 1. The van der Waals surface area contributed by atoms with E-state index in [0.717, 1.165) is 25.7 Å². The van der Waals surface area contributed by atoms with E-state index in [1.54, 1.807) is 0 Å². The molecule has 0 amide bonds. The fourth-order valence-corrected chi connectivity index (χ4v) is 3.75. The number of likely N-dealkylation sites (N-methyl/N-ethyl adjacent to an activating group) is 1. The van der Waals surface area contributed by atoms with Crippen molar-refractivity contribution in [3.05, 3.63) is 0 Å². The van der Waals surface area contributed by atoms with E-state index in [9.17, 15) is 0 Å². The molecule has 2 rings (SSSR count). The van der Waals surface area contributed by atoms with Crippen LogP contribution in [0.25, 0.3) is 0 Å². The first-order chi connectivity index (χ1) is 8.83. The molecule has 1 aliphatic carbocycles. The van der Waals surface area contributed by atoms with E-state index in [2.05, 4.69) is 11.9 Å². The molecule has 0 bridgehead atoms. The fourth-order valence-electron chi connectivity index (χ4n) is 3.75. The zero-order valence-electron chi connectivity index (χ0n) is 11.9. The second-order valence-electron chi connectivity index (χ2n) is 6.06. The van der Waals surface area contributed by atoms with Crippen LogP contribution < -0.4 is 5.73 Å². The lowest BCUT2D eigenvalue weighted by Crippen LogP contribution is -2.50. The number of nitrogens with two attached hydrogens (primary N) is 1. The average molecular weight is 254 g/mol. The SMILES string of the molecule is CN(C1CCOCC1)C(CN)C1CCCCCC1. The quantitative estimate of drug-likeness (QED) is 0.783. The van der Waals surface area contributed by atoms with Crippen molar-refractivity contribution in [2.24, 2.45) is 11.7 Å². The van der Waals surface area contributed by atoms with Crippen LogP contribution in [-0.2, 0) is 4.74 Å². The van der Waals surface area contributed by atoms with Crippen molar-refractivity contribution < 1.29 is 4.74 Å². The first-order valence-corrected chi connectivity index (χ1v) is 7.82. The van der Waals surface area contributed by atoms with Crippen molar-refractivity contribution >= 4 is 0 Å². The topological polar surface area (TPSA) is 38.5 Å². The van der Waals surface area contributed by atoms with Gasteiger partial charge in [-0.05, 0) is 38.6 Å². The zero-order chi connectivity index (χ0) is 12.8. The molecule has 106 valence electrons. The van der Waals surface area contributed by atoms with E-state index in [4.69, 9.17) is 10.5 Å². The van der Waals surface area contributed by atoms with Gasteiger partial charge < -0.3 is 10.5 Å². The highest BCUT2D eigenvalue weighted by atomic mass is 16.5. The highest BCUT2D eigenvalue weighted by molar-refractivity contribution is 4.85. The van der Waals surface area contributed by atoms with Crippen molar-refractivity contribution in [2.75, 3.05) is 26.8 Å². The molecule has 3 nitrogen and oxygen atoms in total. The van der Waals surface area contributed by atoms with Gasteiger partial charge in [0.15, 0.2) is 0 Å². The number of ether oxygens (including phenoxy) is 1. The smallest absolute Gasteiger partial charge is 0.0480 e. The molecule has 0 aromatic heterocycles. The highest BCUT2D eigenvalue weighted by Crippen LogP contribution is 2.29. The van der Waals surface area contributed by atoms with E-state index >= 15 is 0 Å². The van der Waals surface area contributed by atoms with Crippen LogP contribution in [0.15, 0.2) is 0 Å². The lowest BCUT2D eigenvalue weighted by molar-refractivity contribution is 0.0173. The molecule has 2 N–H and O–H groups in total. The summed E-state index contributed by atoms with van der Waals surface area (Å²) in [5, 5.41) is 0. The van der Waals surface area contributed by atoms with Gasteiger partial charge in [0.1, 0.15) is 0 Å². The summed E-state index contributed by atoms with van der Waals surface area (Å²) in [6.07, 6.45) is 10.8. The minimum Gasteiger partial charge on any atom is -0.381 e. The van der Waals surface area contributed by atoms with Crippen molar-refractivity contribution in [2.45, 2.75) is 63.5 Å². The van der Waals surface area contributed by atoms with E-state index in [0.29, 0.717) is 12.1 Å². The molecule has 3 heteroatoms. The third-order valence-electron chi connectivity index (χ3n) is 4.98. The minimum atomic E-state index is 0.589. The molecule has 1 aliphatic heterocycles. The van der Waals surface area contributed by atoms with Crippen molar-refractivity contribution in [1.29, 1.82) is 0 Å². The Hall–Kier alpha value is -0.120. The largest absolute Gasteiger partial charge is 0.381 e. The molecular weight excluding hydrogens is 224 g/mol. The molecule has 2 fully saturated rings. The van der Waals surface area contributed by atoms with Gasteiger partial charge in [-0.2, -0.15) is 0 Å². The van der Waals surface area contributed by atoms with Gasteiger partial charge in [-0.3, -0.25) is 4.90 Å². The van der Waals surface area contributed by atoms with Gasteiger partial charge in [-0.15, -0.1) is 0 Å². The lowest BCUT2D eigenvalue weighted by atomic mass is 9.89. The molecule has 1 unspecified atom stereocenters. The summed E-state index contributed by atoms with van der Waals surface area (Å²) in [5.74, 6) is 0.824.